The number of anilines is 3. The van der Waals surface area contributed by atoms with Gasteiger partial charge in [-0.25, -0.2) is 0 Å². The zero-order chi connectivity index (χ0) is 18.8. The first-order valence-electron chi connectivity index (χ1n) is 8.53. The van der Waals surface area contributed by atoms with Crippen LogP contribution in [-0.4, -0.2) is 24.3 Å². The molecular formula is C20H17BrN4O2. The maximum atomic E-state index is 9.52. The van der Waals surface area contributed by atoms with Crippen LogP contribution in [0.1, 0.15) is 12.0 Å². The van der Waals surface area contributed by atoms with Crippen LogP contribution in [0.4, 0.5) is 17.1 Å². The van der Waals surface area contributed by atoms with Crippen molar-refractivity contribution in [3.8, 4) is 11.8 Å². The van der Waals surface area contributed by atoms with E-state index in [-0.39, 0.29) is 6.10 Å². The van der Waals surface area contributed by atoms with Crippen LogP contribution in [-0.2, 0) is 4.74 Å². The number of nitrogens with zero attached hydrogens (tertiary/aromatic N) is 2. The lowest BCUT2D eigenvalue weighted by Crippen LogP contribution is -2.16. The number of benzene rings is 2. The monoisotopic (exact) mass is 424 g/mol. The number of hydrogen-bond acceptors (Lipinski definition) is 6. The van der Waals surface area contributed by atoms with E-state index in [2.05, 4.69) is 32.3 Å². The largest absolute Gasteiger partial charge is 0.486 e. The first-order valence-corrected chi connectivity index (χ1v) is 9.32. The minimum atomic E-state index is 0.00222. The molecule has 0 spiro atoms. The lowest BCUT2D eigenvalue weighted by Gasteiger charge is -2.16. The number of rotatable bonds is 4. The van der Waals surface area contributed by atoms with Crippen LogP contribution >= 0.6 is 15.9 Å². The van der Waals surface area contributed by atoms with Crippen LogP contribution in [0.2, 0.25) is 0 Å². The van der Waals surface area contributed by atoms with E-state index < -0.39 is 0 Å². The highest BCUT2D eigenvalue weighted by atomic mass is 79.9. The number of nitrogen functional groups attached to an aromatic ring is 1. The van der Waals surface area contributed by atoms with Gasteiger partial charge in [-0.05, 0) is 24.3 Å². The Morgan fingerprint density at radius 2 is 2.22 bits per heavy atom. The second-order valence-electron chi connectivity index (χ2n) is 6.30. The summed E-state index contributed by atoms with van der Waals surface area (Å²) in [5.41, 5.74) is 9.41. The van der Waals surface area contributed by atoms with Gasteiger partial charge < -0.3 is 20.5 Å². The molecule has 0 bridgehead atoms. The Labute approximate surface area is 165 Å². The van der Waals surface area contributed by atoms with Crippen LogP contribution in [0.25, 0.3) is 10.9 Å². The van der Waals surface area contributed by atoms with Crippen molar-refractivity contribution in [1.29, 1.82) is 5.26 Å². The summed E-state index contributed by atoms with van der Waals surface area (Å²) in [6, 6.07) is 13.5. The van der Waals surface area contributed by atoms with Gasteiger partial charge in [0.1, 0.15) is 17.9 Å². The standard InChI is InChI=1S/C20H17BrN4O2/c21-13-2-1-3-14(6-13)25-20-12(9-22)10-24-18-8-19(17(23)7-16(18)20)27-15-4-5-26-11-15/h1-3,6-8,10,15H,4-5,11,23H2,(H,24,25). The Morgan fingerprint density at radius 1 is 1.33 bits per heavy atom. The van der Waals surface area contributed by atoms with Crippen molar-refractivity contribution in [2.75, 3.05) is 24.3 Å². The highest BCUT2D eigenvalue weighted by Crippen LogP contribution is 2.35. The number of pyridine rings is 1. The number of hydrogen-bond donors (Lipinski definition) is 2. The van der Waals surface area contributed by atoms with Gasteiger partial charge >= 0.3 is 0 Å². The molecule has 7 heteroatoms. The summed E-state index contributed by atoms with van der Waals surface area (Å²) in [7, 11) is 0. The fraction of sp³-hybridized carbons (Fsp3) is 0.200. The van der Waals surface area contributed by atoms with Crippen molar-refractivity contribution < 1.29 is 9.47 Å². The van der Waals surface area contributed by atoms with Crippen molar-refractivity contribution in [2.45, 2.75) is 12.5 Å². The molecular weight excluding hydrogens is 408 g/mol. The highest BCUT2D eigenvalue weighted by Gasteiger charge is 2.19. The van der Waals surface area contributed by atoms with E-state index in [1.807, 2.05) is 30.3 Å². The van der Waals surface area contributed by atoms with Crippen LogP contribution in [0.15, 0.2) is 47.1 Å². The second-order valence-corrected chi connectivity index (χ2v) is 7.22. The molecule has 0 saturated carbocycles. The first-order chi connectivity index (χ1) is 13.1. The summed E-state index contributed by atoms with van der Waals surface area (Å²) in [6.45, 7) is 1.26. The Bertz CT molecular complexity index is 1040. The van der Waals surface area contributed by atoms with Crippen molar-refractivity contribution in [2.24, 2.45) is 0 Å². The van der Waals surface area contributed by atoms with E-state index in [1.54, 1.807) is 12.3 Å². The molecule has 0 amide bonds. The predicted molar refractivity (Wildman–Crippen MR) is 108 cm³/mol. The molecule has 4 rings (SSSR count). The molecule has 0 radical (unpaired) electrons. The smallest absolute Gasteiger partial charge is 0.144 e. The zero-order valence-electron chi connectivity index (χ0n) is 14.4. The molecule has 3 N–H and O–H groups in total. The Hall–Kier alpha value is -2.82. The number of aromatic nitrogens is 1. The van der Waals surface area contributed by atoms with Crippen molar-refractivity contribution in [3.63, 3.8) is 0 Å². The summed E-state index contributed by atoms with van der Waals surface area (Å²) < 4.78 is 12.3. The fourth-order valence-electron chi connectivity index (χ4n) is 3.05. The van der Waals surface area contributed by atoms with Crippen molar-refractivity contribution in [3.05, 3.63) is 52.6 Å². The predicted octanol–water partition coefficient (Wildman–Crippen LogP) is 4.36. The van der Waals surface area contributed by atoms with Gasteiger partial charge in [0.05, 0.1) is 35.7 Å². The molecule has 3 aromatic rings. The van der Waals surface area contributed by atoms with Gasteiger partial charge in [-0.15, -0.1) is 0 Å². The number of ether oxygens (including phenoxy) is 2. The van der Waals surface area contributed by atoms with Crippen molar-refractivity contribution >= 4 is 43.9 Å². The molecule has 1 fully saturated rings. The topological polar surface area (TPSA) is 93.2 Å². The number of fused-ring (bicyclic) bond motifs is 1. The molecule has 27 heavy (non-hydrogen) atoms. The van der Waals surface area contributed by atoms with Gasteiger partial charge in [0, 0.05) is 34.2 Å². The maximum Gasteiger partial charge on any atom is 0.144 e. The zero-order valence-corrected chi connectivity index (χ0v) is 16.0. The molecule has 1 unspecified atom stereocenters. The number of halogens is 1. The quantitative estimate of drug-likeness (QED) is 0.604. The molecule has 0 aliphatic carbocycles. The van der Waals surface area contributed by atoms with Crippen molar-refractivity contribution in [1.82, 2.24) is 4.98 Å². The average Bonchev–Trinajstić information content (AvgIpc) is 3.16. The number of nitrogens with two attached hydrogens (primary N) is 1. The average molecular weight is 425 g/mol. The highest BCUT2D eigenvalue weighted by molar-refractivity contribution is 9.10. The minimum absolute atomic E-state index is 0.00222. The molecule has 1 atom stereocenters. The Kier molecular flexibility index (Phi) is 4.84. The maximum absolute atomic E-state index is 9.52. The van der Waals surface area contributed by atoms with Crippen LogP contribution in [0.3, 0.4) is 0 Å². The normalized spacial score (nSPS) is 16.2. The third kappa shape index (κ3) is 3.68. The lowest BCUT2D eigenvalue weighted by atomic mass is 10.1. The Balaban J connectivity index is 1.77. The fourth-order valence-corrected chi connectivity index (χ4v) is 3.45. The molecule has 1 saturated heterocycles. The molecule has 6 nitrogen and oxygen atoms in total. The molecule has 136 valence electrons. The van der Waals surface area contributed by atoms with E-state index in [0.717, 1.165) is 22.0 Å². The van der Waals surface area contributed by atoms with Crippen LogP contribution < -0.4 is 15.8 Å². The molecule has 2 heterocycles. The van der Waals surface area contributed by atoms with E-state index in [1.165, 1.54) is 0 Å². The summed E-state index contributed by atoms with van der Waals surface area (Å²) >= 11 is 3.46. The minimum Gasteiger partial charge on any atom is -0.486 e. The van der Waals surface area contributed by atoms with E-state index in [0.29, 0.717) is 41.4 Å². The molecule has 1 aliphatic rings. The summed E-state index contributed by atoms with van der Waals surface area (Å²) in [5, 5.41) is 13.6. The SMILES string of the molecule is N#Cc1cnc2cc(OC3CCOC3)c(N)cc2c1Nc1cccc(Br)c1. The van der Waals surface area contributed by atoms with E-state index >= 15 is 0 Å². The molecule has 1 aromatic heterocycles. The van der Waals surface area contributed by atoms with Gasteiger partial charge in [0.25, 0.3) is 0 Å². The summed E-state index contributed by atoms with van der Waals surface area (Å²) in [4.78, 5) is 4.41. The number of nitriles is 1. The van der Waals surface area contributed by atoms with Gasteiger partial charge in [0.15, 0.2) is 0 Å². The molecule has 2 aromatic carbocycles. The van der Waals surface area contributed by atoms with Gasteiger partial charge in [-0.2, -0.15) is 5.26 Å². The second kappa shape index (κ2) is 7.43. The summed E-state index contributed by atoms with van der Waals surface area (Å²) in [5.74, 6) is 0.587. The van der Waals surface area contributed by atoms with Crippen LogP contribution in [0.5, 0.6) is 5.75 Å². The summed E-state index contributed by atoms with van der Waals surface area (Å²) in [6.07, 6.45) is 2.40. The van der Waals surface area contributed by atoms with E-state index in [9.17, 15) is 5.26 Å². The van der Waals surface area contributed by atoms with Gasteiger partial charge in [0.2, 0.25) is 0 Å². The van der Waals surface area contributed by atoms with Gasteiger partial charge in [-0.3, -0.25) is 4.98 Å². The number of nitrogens with one attached hydrogen (secondary N) is 1. The third-order valence-electron chi connectivity index (χ3n) is 4.40. The van der Waals surface area contributed by atoms with Crippen LogP contribution in [0, 0.1) is 11.3 Å². The Morgan fingerprint density at radius 3 is 2.96 bits per heavy atom. The van der Waals surface area contributed by atoms with Gasteiger partial charge in [-0.1, -0.05) is 22.0 Å². The third-order valence-corrected chi connectivity index (χ3v) is 4.89. The lowest BCUT2D eigenvalue weighted by molar-refractivity contribution is 0.142. The molecule has 1 aliphatic heterocycles. The van der Waals surface area contributed by atoms with E-state index in [4.69, 9.17) is 15.2 Å². The first kappa shape index (κ1) is 17.6.